The lowest BCUT2D eigenvalue weighted by molar-refractivity contribution is -0.149. The minimum atomic E-state index is -1.77. The topological polar surface area (TPSA) is 677 Å². The van der Waals surface area contributed by atoms with E-state index < -0.39 is 184 Å². The van der Waals surface area contributed by atoms with Gasteiger partial charge < -0.3 is 133 Å². The van der Waals surface area contributed by atoms with E-state index >= 15 is 0 Å². The summed E-state index contributed by atoms with van der Waals surface area (Å²) in [6.07, 6.45) is -18.6. The molecular formula is C56H76N16O27. The zero-order valence-electron chi connectivity index (χ0n) is 52.8. The minimum Gasteiger partial charge on any atom is -0.481 e. The number of esters is 1. The Bertz CT molecular complexity index is 4120. The molecule has 0 spiro atoms. The van der Waals surface area contributed by atoms with Crippen molar-refractivity contribution in [2.45, 2.75) is 126 Å². The smallest absolute Gasteiger partial charge is 0.303 e. The van der Waals surface area contributed by atoms with E-state index in [-0.39, 0.29) is 104 Å². The molecule has 8 rings (SSSR count). The number of carboxylic acids is 1. The lowest BCUT2D eigenvalue weighted by Crippen LogP contribution is -2.49. The first-order valence-electron chi connectivity index (χ1n) is 29.2. The van der Waals surface area contributed by atoms with Gasteiger partial charge in [0.15, 0.2) is 28.3 Å². The third-order valence-electron chi connectivity index (χ3n) is 14.3. The summed E-state index contributed by atoms with van der Waals surface area (Å²) in [5, 5.41) is 177. The normalized spacial score (nSPS) is 17.2. The predicted octanol–water partition coefficient (Wildman–Crippen LogP) is -12.4. The number of rotatable bonds is 25. The van der Waals surface area contributed by atoms with Crippen molar-refractivity contribution >= 4 is 59.5 Å². The fourth-order valence-corrected chi connectivity index (χ4v) is 9.16. The monoisotopic (exact) mass is 1400 g/mol. The van der Waals surface area contributed by atoms with Crippen molar-refractivity contribution in [3.63, 3.8) is 0 Å². The number of aliphatic hydroxyl groups excluding tert-OH is 16. The van der Waals surface area contributed by atoms with Crippen LogP contribution in [0.15, 0.2) is 73.3 Å². The van der Waals surface area contributed by atoms with E-state index in [2.05, 4.69) is 92.9 Å². The van der Waals surface area contributed by atoms with Gasteiger partial charge in [-0.15, -0.1) is 0 Å². The second-order valence-electron chi connectivity index (χ2n) is 21.9. The van der Waals surface area contributed by atoms with Crippen molar-refractivity contribution in [1.82, 2.24) is 54.6 Å². The van der Waals surface area contributed by atoms with Gasteiger partial charge in [0.1, 0.15) is 137 Å². The third kappa shape index (κ3) is 20.1. The Labute approximate surface area is 555 Å². The van der Waals surface area contributed by atoms with Crippen LogP contribution >= 0.6 is 0 Å². The first-order chi connectivity index (χ1) is 46.4. The van der Waals surface area contributed by atoms with Gasteiger partial charge in [0.2, 0.25) is 0 Å². The maximum atomic E-state index is 12.7. The van der Waals surface area contributed by atoms with Crippen molar-refractivity contribution in [1.29, 1.82) is 0 Å². The van der Waals surface area contributed by atoms with E-state index in [1.807, 2.05) is 0 Å². The number of carbonyl (C=O) groups is 5. The lowest BCUT2D eigenvalue weighted by Gasteiger charge is -2.28. The highest BCUT2D eigenvalue weighted by Gasteiger charge is 2.35. The number of anilines is 4. The number of carbonyl (C=O) groups excluding carboxylic acids is 4. The van der Waals surface area contributed by atoms with Gasteiger partial charge in [0.05, 0.1) is 64.7 Å². The molecular weight excluding hydrogens is 1330 g/mol. The standard InChI is InChI=1S/C15H20N4O8.C15H20N4O7.2C13H18N4O6/c1-6-16-13-11(14(26)17-6)18-7(2-3-10(23)24)15(27)19(13)4-8(21)12(25)9(22)5-20;1-6-15(25)19(13-11(16-6)14(24)18-7(2)17-13)4-9(21)12(23)10(22)5-26-8(3)20;1-6-14-12-10(13(23)15-6)16-7(4-18)2-17(12)3-8(20)11(22)9(21)5-19;1-5-13(23)17(3-7(19)10(21)8(20)4-18)11-9(14-5)12(22)16-6(2)15-11/h8-9,12,16,20-22,25H,1-5H2,(H,17,26)(H,23,24);9-10,12,17,21-23H,2,4-5H2,1,3H3,(H,18,24);2,8-9,11,18-22H,1,3-5H2,(H,15,23);7-8,10,15,18-21H,2-4H2,1H3,(H,16,22)/t8-,9+,12-;9-,10+,12-;8-,9+,11-;7-,8+,10-/m0000/s1. The highest BCUT2D eigenvalue weighted by molar-refractivity contribution is 6.01. The summed E-state index contributed by atoms with van der Waals surface area (Å²) in [5.41, 5.74) is -2.81. The van der Waals surface area contributed by atoms with Crippen LogP contribution in [-0.2, 0) is 40.4 Å². The van der Waals surface area contributed by atoms with Gasteiger partial charge in [-0.2, -0.15) is 0 Å². The summed E-state index contributed by atoms with van der Waals surface area (Å²) in [6.45, 7) is 13.1. The van der Waals surface area contributed by atoms with Gasteiger partial charge in [-0.3, -0.25) is 56.9 Å². The van der Waals surface area contributed by atoms with Crippen molar-refractivity contribution in [2.75, 3.05) is 60.4 Å². The number of aromatic amines is 1. The van der Waals surface area contributed by atoms with E-state index in [9.17, 15) is 110 Å². The van der Waals surface area contributed by atoms with Crippen LogP contribution < -0.4 is 69.9 Å². The van der Waals surface area contributed by atoms with Gasteiger partial charge in [-0.25, -0.2) is 24.9 Å². The number of nitrogens with zero attached hydrogens (tertiary/aromatic N) is 9. The van der Waals surface area contributed by atoms with E-state index in [1.165, 1.54) is 24.9 Å². The van der Waals surface area contributed by atoms with E-state index in [4.69, 9.17) is 20.4 Å². The summed E-state index contributed by atoms with van der Waals surface area (Å²) in [5.74, 6) is -3.33. The summed E-state index contributed by atoms with van der Waals surface area (Å²) in [4.78, 5) is 130. The zero-order valence-corrected chi connectivity index (χ0v) is 52.8. The number of β-amino-alcohol motifs (C(OH)–C–C–N with tert-alkyl or cyclic N) is 1. The molecule has 0 bridgehead atoms. The Balaban J connectivity index is 0.000000239. The maximum Gasteiger partial charge on any atom is 0.303 e. The van der Waals surface area contributed by atoms with Crippen LogP contribution in [0.3, 0.4) is 0 Å². The van der Waals surface area contributed by atoms with Gasteiger partial charge in [0, 0.05) is 19.5 Å². The Hall–Kier alpha value is -9.94. The molecule has 0 saturated heterocycles. The molecule has 4 aromatic heterocycles. The van der Waals surface area contributed by atoms with Crippen LogP contribution in [0.2, 0.25) is 0 Å². The van der Waals surface area contributed by atoms with Crippen LogP contribution in [0.4, 0.5) is 23.3 Å². The summed E-state index contributed by atoms with van der Waals surface area (Å²) >= 11 is 0. The van der Waals surface area contributed by atoms with Crippen molar-refractivity contribution < 1.29 is 116 Å². The first-order valence-corrected chi connectivity index (χ1v) is 29.2. The summed E-state index contributed by atoms with van der Waals surface area (Å²) < 4.78 is 7.52. The highest BCUT2D eigenvalue weighted by atomic mass is 16.5. The van der Waals surface area contributed by atoms with Crippen LogP contribution in [0.25, 0.3) is 6.58 Å². The minimum absolute atomic E-state index is 0.00933. The molecule has 24 N–H and O–H groups in total. The number of nitrogens with one attached hydrogen (secondary N) is 7. The number of carboxylic acid groups (broad SMARTS) is 1. The fourth-order valence-electron chi connectivity index (χ4n) is 9.16. The predicted molar refractivity (Wildman–Crippen MR) is 335 cm³/mol. The Morgan fingerprint density at radius 2 is 0.889 bits per heavy atom. The Morgan fingerprint density at radius 3 is 1.26 bits per heavy atom. The Kier molecular flexibility index (Phi) is 28.2. The summed E-state index contributed by atoms with van der Waals surface area (Å²) in [7, 11) is 0. The van der Waals surface area contributed by atoms with Gasteiger partial charge in [-0.1, -0.05) is 26.3 Å². The third-order valence-corrected chi connectivity index (χ3v) is 14.3. The molecule has 0 unspecified atom stereocenters. The SMILES string of the molecule is C=C1NC(=O)c2nc(C)c(=O)n(C[C@H](O)[C@H](O)[C@H](O)CO)c2N1.C=C1NC(=O)c2nc(C)c(=O)n(C[C@H](O)[C@H](O)[C@H](O)COC(C)=O)c2N1.C=C1NC(=O)c2nc(CCC(=O)O)c(=O)n(C[C@H](O)[C@H](O)[C@H](O)CO)c2N1.C=c1nc2c(c(=O)[nH]1)=NC(CO)=CN2C[C@H](O)[C@H](O)[C@H](O)CO. The van der Waals surface area contributed by atoms with Crippen molar-refractivity contribution in [3.8, 4) is 0 Å². The number of fused-ring (bicyclic) bond motifs is 4. The number of aryl methyl sites for hydroxylation is 3. The van der Waals surface area contributed by atoms with Crippen molar-refractivity contribution in [3.05, 3.63) is 136 Å². The number of amides is 3. The van der Waals surface area contributed by atoms with Crippen LogP contribution in [0, 0.1) is 13.8 Å². The van der Waals surface area contributed by atoms with Crippen LogP contribution in [0.1, 0.15) is 61.9 Å². The molecule has 43 nitrogen and oxygen atoms in total. The molecule has 3 amide bonds. The largest absolute Gasteiger partial charge is 0.481 e. The molecule has 12 atom stereocenters. The number of ether oxygens (including phenoxy) is 1. The molecule has 0 radical (unpaired) electrons. The van der Waals surface area contributed by atoms with E-state index in [0.717, 1.165) is 20.6 Å². The molecule has 99 heavy (non-hydrogen) atoms. The van der Waals surface area contributed by atoms with Gasteiger partial charge in [-0.05, 0) is 13.8 Å². The summed E-state index contributed by atoms with van der Waals surface area (Å²) in [6, 6.07) is 0. The van der Waals surface area contributed by atoms with Crippen molar-refractivity contribution in [2.24, 2.45) is 4.99 Å². The Morgan fingerprint density at radius 1 is 0.515 bits per heavy atom. The van der Waals surface area contributed by atoms with Gasteiger partial charge in [0.25, 0.3) is 40.0 Å². The maximum absolute atomic E-state index is 12.7. The van der Waals surface area contributed by atoms with E-state index in [0.29, 0.717) is 0 Å². The second-order valence-corrected chi connectivity index (χ2v) is 21.9. The number of hydrogen-bond acceptors (Lipinski definition) is 35. The second kappa shape index (κ2) is 35.0. The average molecular weight is 1410 g/mol. The zero-order chi connectivity index (χ0) is 74.3. The number of aromatic nitrogens is 8. The molecule has 43 heteroatoms. The molecule has 0 aromatic carbocycles. The molecule has 542 valence electrons. The molecule has 0 saturated carbocycles. The van der Waals surface area contributed by atoms with Crippen LogP contribution in [-0.4, -0.2) is 268 Å². The lowest BCUT2D eigenvalue weighted by atomic mass is 10.1. The highest BCUT2D eigenvalue weighted by Crippen LogP contribution is 2.23. The van der Waals surface area contributed by atoms with E-state index in [1.54, 1.807) is 0 Å². The number of H-pyrrole nitrogens is 1. The molecule has 4 aliphatic heterocycles. The first kappa shape index (κ1) is 79.7. The molecule has 4 aliphatic rings. The van der Waals surface area contributed by atoms with Crippen LogP contribution in [0.5, 0.6) is 0 Å². The molecule has 4 aromatic rings. The average Bonchev–Trinajstić information content (AvgIpc) is 0.792. The van der Waals surface area contributed by atoms with Gasteiger partial charge >= 0.3 is 11.9 Å². The number of hydrogen-bond donors (Lipinski definition) is 24. The molecule has 0 fully saturated rings. The number of aliphatic carboxylic acids is 1. The molecule has 8 heterocycles. The fraction of sp³-hybridized carbons (Fsp3) is 0.464. The quantitative estimate of drug-likeness (QED) is 0.0274. The molecule has 0 aliphatic carbocycles. The number of aliphatic hydroxyl groups is 16.